The maximum Gasteiger partial charge on any atom is 0.573 e. The Morgan fingerprint density at radius 2 is 1.60 bits per heavy atom. The number of nitrogens with one attached hydrogen (secondary N) is 2. The topological polar surface area (TPSA) is 84.5 Å². The molecule has 2 aromatic carbocycles. The fourth-order valence-corrected chi connectivity index (χ4v) is 2.54. The van der Waals surface area contributed by atoms with Gasteiger partial charge in [-0.1, -0.05) is 12.1 Å². The summed E-state index contributed by atoms with van der Waals surface area (Å²) in [6.07, 6.45) is -4.91. The molecule has 0 unspecified atom stereocenters. The molecule has 1 amide bonds. The number of hydrazine groups is 1. The first-order valence-electron chi connectivity index (χ1n) is 6.51. The molecule has 0 radical (unpaired) electrons. The number of sulfonamides is 1. The van der Waals surface area contributed by atoms with Crippen LogP contribution in [0.3, 0.4) is 0 Å². The highest BCUT2D eigenvalue weighted by Gasteiger charge is 2.31. The summed E-state index contributed by atoms with van der Waals surface area (Å²) in [6.45, 7) is 0. The molecule has 0 spiro atoms. The molecule has 2 aromatic rings. The largest absolute Gasteiger partial charge is 0.573 e. The van der Waals surface area contributed by atoms with Gasteiger partial charge in [-0.15, -0.1) is 18.0 Å². The summed E-state index contributed by atoms with van der Waals surface area (Å²) in [5, 5.41) is 0. The second-order valence-electron chi connectivity index (χ2n) is 4.56. The van der Waals surface area contributed by atoms with Gasteiger partial charge in [0, 0.05) is 0 Å². The Labute approximate surface area is 139 Å². The molecule has 0 bridgehead atoms. The van der Waals surface area contributed by atoms with Crippen molar-refractivity contribution < 1.29 is 35.5 Å². The fraction of sp³-hybridized carbons (Fsp3) is 0.0714. The van der Waals surface area contributed by atoms with E-state index in [0.29, 0.717) is 0 Å². The number of rotatable bonds is 5. The molecule has 0 aliphatic heterocycles. The van der Waals surface area contributed by atoms with Crippen LogP contribution in [0.15, 0.2) is 53.4 Å². The van der Waals surface area contributed by atoms with Gasteiger partial charge in [0.05, 0.1) is 10.5 Å². The van der Waals surface area contributed by atoms with E-state index in [0.717, 1.165) is 36.4 Å². The first-order chi connectivity index (χ1) is 11.6. The van der Waals surface area contributed by atoms with E-state index in [2.05, 4.69) is 4.74 Å². The maximum absolute atomic E-state index is 13.4. The number of alkyl halides is 3. The van der Waals surface area contributed by atoms with Crippen LogP contribution in [-0.4, -0.2) is 20.7 Å². The van der Waals surface area contributed by atoms with Crippen molar-refractivity contribution in [2.45, 2.75) is 11.3 Å². The molecule has 0 saturated carbocycles. The van der Waals surface area contributed by atoms with Gasteiger partial charge < -0.3 is 4.74 Å². The second kappa shape index (κ2) is 7.07. The predicted molar refractivity (Wildman–Crippen MR) is 77.3 cm³/mol. The molecule has 0 saturated heterocycles. The van der Waals surface area contributed by atoms with Gasteiger partial charge in [0.25, 0.3) is 15.9 Å². The molecule has 2 rings (SSSR count). The van der Waals surface area contributed by atoms with E-state index in [1.54, 1.807) is 10.3 Å². The Balaban J connectivity index is 2.06. The maximum atomic E-state index is 13.4. The standard InChI is InChI=1S/C14H10F4N2O4S/c15-12-4-2-1-3-11(12)13(21)19-20-25(22,23)10-7-5-9(6-8-10)24-14(16,17)18/h1-8,20H,(H,19,21). The molecule has 2 N–H and O–H groups in total. The van der Waals surface area contributed by atoms with Crippen molar-refractivity contribution in [3.63, 3.8) is 0 Å². The van der Waals surface area contributed by atoms with Crippen molar-refractivity contribution >= 4 is 15.9 Å². The van der Waals surface area contributed by atoms with Gasteiger partial charge in [0.15, 0.2) is 0 Å². The third-order valence-corrected chi connectivity index (χ3v) is 4.05. The third kappa shape index (κ3) is 5.16. The van der Waals surface area contributed by atoms with E-state index in [1.165, 1.54) is 12.1 Å². The quantitative estimate of drug-likeness (QED) is 0.618. The normalized spacial score (nSPS) is 11.8. The highest BCUT2D eigenvalue weighted by Crippen LogP contribution is 2.23. The van der Waals surface area contributed by atoms with Crippen LogP contribution in [0.1, 0.15) is 10.4 Å². The molecule has 134 valence electrons. The van der Waals surface area contributed by atoms with Gasteiger partial charge in [-0.25, -0.2) is 12.8 Å². The molecule has 6 nitrogen and oxygen atoms in total. The molecule has 11 heteroatoms. The molecule has 0 fully saturated rings. The Morgan fingerprint density at radius 1 is 1.00 bits per heavy atom. The Bertz CT molecular complexity index is 867. The van der Waals surface area contributed by atoms with Crippen molar-refractivity contribution in [3.8, 4) is 5.75 Å². The molecule has 0 heterocycles. The van der Waals surface area contributed by atoms with Crippen molar-refractivity contribution in [3.05, 3.63) is 59.9 Å². The minimum absolute atomic E-state index is 0.390. The zero-order valence-corrected chi connectivity index (χ0v) is 13.0. The Hall–Kier alpha value is -2.66. The van der Waals surface area contributed by atoms with Gasteiger partial charge in [0.1, 0.15) is 11.6 Å². The Kier molecular flexibility index (Phi) is 5.28. The molecular formula is C14H10F4N2O4S. The molecule has 0 aromatic heterocycles. The fourth-order valence-electron chi connectivity index (χ4n) is 1.71. The smallest absolute Gasteiger partial charge is 0.406 e. The summed E-state index contributed by atoms with van der Waals surface area (Å²) in [7, 11) is -4.28. The number of benzene rings is 2. The number of carbonyl (C=O) groups is 1. The van der Waals surface area contributed by atoms with Crippen molar-refractivity contribution in [2.24, 2.45) is 0 Å². The number of carbonyl (C=O) groups excluding carboxylic acids is 1. The third-order valence-electron chi connectivity index (χ3n) is 2.79. The van der Waals surface area contributed by atoms with E-state index in [-0.39, 0.29) is 5.56 Å². The van der Waals surface area contributed by atoms with Crippen LogP contribution >= 0.6 is 0 Å². The van der Waals surface area contributed by atoms with Crippen LogP contribution in [0.25, 0.3) is 0 Å². The number of halogens is 4. The van der Waals surface area contributed by atoms with Crippen molar-refractivity contribution in [2.75, 3.05) is 0 Å². The van der Waals surface area contributed by atoms with Crippen molar-refractivity contribution in [1.82, 2.24) is 10.3 Å². The first kappa shape index (κ1) is 18.7. The average molecular weight is 378 g/mol. The number of amides is 1. The van der Waals surface area contributed by atoms with Crippen LogP contribution < -0.4 is 15.0 Å². The van der Waals surface area contributed by atoms with E-state index < -0.39 is 38.8 Å². The van der Waals surface area contributed by atoms with Crippen molar-refractivity contribution in [1.29, 1.82) is 0 Å². The lowest BCUT2D eigenvalue weighted by molar-refractivity contribution is -0.274. The van der Waals surface area contributed by atoms with Gasteiger partial charge >= 0.3 is 6.36 Å². The summed E-state index contributed by atoms with van der Waals surface area (Å²) in [4.78, 5) is 13.0. The number of ether oxygens (including phenoxy) is 1. The van der Waals surface area contributed by atoms with Gasteiger partial charge in [0.2, 0.25) is 0 Å². The van der Waals surface area contributed by atoms with E-state index in [4.69, 9.17) is 0 Å². The van der Waals surface area contributed by atoms with Gasteiger partial charge in [-0.05, 0) is 36.4 Å². The van der Waals surface area contributed by atoms with Crippen LogP contribution in [-0.2, 0) is 10.0 Å². The monoisotopic (exact) mass is 378 g/mol. The summed E-state index contributed by atoms with van der Waals surface area (Å²) in [5.41, 5.74) is 1.41. The Morgan fingerprint density at radius 3 is 2.16 bits per heavy atom. The molecule has 0 aliphatic rings. The molecular weight excluding hydrogens is 368 g/mol. The van der Waals surface area contributed by atoms with E-state index in [1.807, 2.05) is 0 Å². The van der Waals surface area contributed by atoms with Crippen LogP contribution in [0.2, 0.25) is 0 Å². The highest BCUT2D eigenvalue weighted by atomic mass is 32.2. The molecule has 25 heavy (non-hydrogen) atoms. The van der Waals surface area contributed by atoms with Gasteiger partial charge in [-0.2, -0.15) is 0 Å². The summed E-state index contributed by atoms with van der Waals surface area (Å²) in [5.74, 6) is -2.51. The molecule has 0 atom stereocenters. The van der Waals surface area contributed by atoms with E-state index >= 15 is 0 Å². The summed E-state index contributed by atoms with van der Waals surface area (Å²) >= 11 is 0. The molecule has 0 aliphatic carbocycles. The van der Waals surface area contributed by atoms with Crippen LogP contribution in [0, 0.1) is 5.82 Å². The van der Waals surface area contributed by atoms with Crippen LogP contribution in [0.4, 0.5) is 17.6 Å². The lowest BCUT2D eigenvalue weighted by Gasteiger charge is -2.11. The average Bonchev–Trinajstić information content (AvgIpc) is 2.52. The zero-order chi connectivity index (χ0) is 18.7. The summed E-state index contributed by atoms with van der Waals surface area (Å²) in [6, 6.07) is 8.16. The second-order valence-corrected chi connectivity index (χ2v) is 6.24. The lowest BCUT2D eigenvalue weighted by atomic mass is 10.2. The SMILES string of the molecule is O=C(NNS(=O)(=O)c1ccc(OC(F)(F)F)cc1)c1ccccc1F. The zero-order valence-electron chi connectivity index (χ0n) is 12.2. The first-order valence-corrected chi connectivity index (χ1v) is 7.99. The highest BCUT2D eigenvalue weighted by molar-refractivity contribution is 7.89. The number of hydrogen-bond donors (Lipinski definition) is 2. The minimum atomic E-state index is -4.91. The summed E-state index contributed by atoms with van der Waals surface area (Å²) < 4.78 is 77.1. The van der Waals surface area contributed by atoms with E-state index in [9.17, 15) is 30.8 Å². The number of hydrogen-bond acceptors (Lipinski definition) is 4. The van der Waals surface area contributed by atoms with Gasteiger partial charge in [-0.3, -0.25) is 10.2 Å². The lowest BCUT2D eigenvalue weighted by Crippen LogP contribution is -2.41. The van der Waals surface area contributed by atoms with Crippen LogP contribution in [0.5, 0.6) is 5.75 Å². The minimum Gasteiger partial charge on any atom is -0.406 e. The predicted octanol–water partition coefficient (Wildman–Crippen LogP) is 2.35.